The fourth-order valence-corrected chi connectivity index (χ4v) is 2.15. The van der Waals surface area contributed by atoms with Crippen LogP contribution in [-0.2, 0) is 11.3 Å². The Morgan fingerprint density at radius 1 is 1.30 bits per heavy atom. The van der Waals surface area contributed by atoms with Crippen molar-refractivity contribution in [3.63, 3.8) is 0 Å². The lowest BCUT2D eigenvalue weighted by molar-refractivity contribution is 0.102. The number of hydrogen-bond acceptors (Lipinski definition) is 3. The van der Waals surface area contributed by atoms with Crippen LogP contribution in [0.25, 0.3) is 0 Å². The molecule has 0 saturated carbocycles. The Bertz CT molecular complexity index is 609. The van der Waals surface area contributed by atoms with Crippen LogP contribution in [0.5, 0.6) is 0 Å². The average Bonchev–Trinajstić information content (AvgIpc) is 2.39. The third kappa shape index (κ3) is 3.29. The predicted octanol–water partition coefficient (Wildman–Crippen LogP) is 3.32. The summed E-state index contributed by atoms with van der Waals surface area (Å²) in [6, 6.07) is 12.4. The Morgan fingerprint density at radius 3 is 2.75 bits per heavy atom. The number of hydrogen-bond donors (Lipinski definition) is 2. The number of benzene rings is 2. The SMILES string of the molecule is COCc1cccc(NC(=O)c2c(N)cccc2Cl)c1. The maximum absolute atomic E-state index is 12.2. The van der Waals surface area contributed by atoms with Gasteiger partial charge in [-0.25, -0.2) is 0 Å². The van der Waals surface area contributed by atoms with Gasteiger partial charge in [-0.3, -0.25) is 4.79 Å². The number of rotatable bonds is 4. The molecule has 5 heteroatoms. The van der Waals surface area contributed by atoms with E-state index in [0.717, 1.165) is 5.56 Å². The van der Waals surface area contributed by atoms with E-state index in [4.69, 9.17) is 22.1 Å². The summed E-state index contributed by atoms with van der Waals surface area (Å²) >= 11 is 6.01. The molecule has 0 radical (unpaired) electrons. The minimum atomic E-state index is -0.331. The van der Waals surface area contributed by atoms with Crippen molar-refractivity contribution in [2.75, 3.05) is 18.2 Å². The van der Waals surface area contributed by atoms with Gasteiger partial charge in [-0.2, -0.15) is 0 Å². The van der Waals surface area contributed by atoms with E-state index >= 15 is 0 Å². The molecule has 2 aromatic carbocycles. The lowest BCUT2D eigenvalue weighted by Crippen LogP contribution is -2.14. The van der Waals surface area contributed by atoms with Crippen LogP contribution in [0.2, 0.25) is 5.02 Å². The van der Waals surface area contributed by atoms with Gasteiger partial charge in [-0.1, -0.05) is 29.8 Å². The quantitative estimate of drug-likeness (QED) is 0.849. The summed E-state index contributed by atoms with van der Waals surface area (Å²) in [5, 5.41) is 3.11. The molecule has 2 rings (SSSR count). The molecule has 0 saturated heterocycles. The van der Waals surface area contributed by atoms with Crippen molar-refractivity contribution in [1.29, 1.82) is 0 Å². The molecule has 0 fully saturated rings. The molecule has 1 amide bonds. The van der Waals surface area contributed by atoms with Crippen molar-refractivity contribution in [3.8, 4) is 0 Å². The smallest absolute Gasteiger partial charge is 0.259 e. The van der Waals surface area contributed by atoms with Crippen molar-refractivity contribution in [2.45, 2.75) is 6.61 Å². The molecular weight excluding hydrogens is 276 g/mol. The van der Waals surface area contributed by atoms with Gasteiger partial charge in [0.2, 0.25) is 0 Å². The molecule has 20 heavy (non-hydrogen) atoms. The number of carbonyl (C=O) groups is 1. The lowest BCUT2D eigenvalue weighted by Gasteiger charge is -2.10. The molecular formula is C15H15ClN2O2. The van der Waals surface area contributed by atoms with E-state index in [9.17, 15) is 4.79 Å². The zero-order valence-corrected chi connectivity index (χ0v) is 11.8. The summed E-state index contributed by atoms with van der Waals surface area (Å²) in [5.41, 5.74) is 8.06. The van der Waals surface area contributed by atoms with Crippen LogP contribution >= 0.6 is 11.6 Å². The molecule has 0 aliphatic rings. The van der Waals surface area contributed by atoms with Crippen molar-refractivity contribution in [1.82, 2.24) is 0 Å². The number of nitrogen functional groups attached to an aromatic ring is 1. The number of carbonyl (C=O) groups excluding carboxylic acids is 1. The summed E-state index contributed by atoms with van der Waals surface area (Å²) < 4.78 is 5.06. The van der Waals surface area contributed by atoms with Crippen LogP contribution < -0.4 is 11.1 Å². The van der Waals surface area contributed by atoms with Crippen molar-refractivity contribution < 1.29 is 9.53 Å². The van der Waals surface area contributed by atoms with E-state index < -0.39 is 0 Å². The zero-order valence-electron chi connectivity index (χ0n) is 11.0. The molecule has 0 spiro atoms. The van der Waals surface area contributed by atoms with Gasteiger partial charge >= 0.3 is 0 Å². The highest BCUT2D eigenvalue weighted by Gasteiger charge is 2.14. The number of ether oxygens (including phenoxy) is 1. The van der Waals surface area contributed by atoms with Crippen LogP contribution in [0.15, 0.2) is 42.5 Å². The Hall–Kier alpha value is -2.04. The van der Waals surface area contributed by atoms with E-state index in [2.05, 4.69) is 5.32 Å². The van der Waals surface area contributed by atoms with E-state index in [1.54, 1.807) is 31.4 Å². The maximum Gasteiger partial charge on any atom is 0.259 e. The van der Waals surface area contributed by atoms with Crippen LogP contribution in [0.1, 0.15) is 15.9 Å². The number of nitrogens with one attached hydrogen (secondary N) is 1. The first-order chi connectivity index (χ1) is 9.61. The van der Waals surface area contributed by atoms with Gasteiger partial charge in [-0.15, -0.1) is 0 Å². The maximum atomic E-state index is 12.2. The number of methoxy groups -OCH3 is 1. The monoisotopic (exact) mass is 290 g/mol. The number of amides is 1. The number of nitrogens with two attached hydrogens (primary N) is 1. The third-order valence-electron chi connectivity index (χ3n) is 2.77. The Morgan fingerprint density at radius 2 is 2.05 bits per heavy atom. The highest BCUT2D eigenvalue weighted by molar-refractivity contribution is 6.35. The summed E-state index contributed by atoms with van der Waals surface area (Å²) in [7, 11) is 1.62. The fourth-order valence-electron chi connectivity index (χ4n) is 1.88. The van der Waals surface area contributed by atoms with E-state index in [1.165, 1.54) is 0 Å². The van der Waals surface area contributed by atoms with Crippen molar-refractivity contribution in [2.24, 2.45) is 0 Å². The zero-order chi connectivity index (χ0) is 14.5. The van der Waals surface area contributed by atoms with Crippen molar-refractivity contribution >= 4 is 28.9 Å². The molecule has 0 heterocycles. The first-order valence-electron chi connectivity index (χ1n) is 6.05. The standard InChI is InChI=1S/C15H15ClN2O2/c1-20-9-10-4-2-5-11(8-10)18-15(19)14-12(16)6-3-7-13(14)17/h2-8H,9,17H2,1H3,(H,18,19). The summed E-state index contributed by atoms with van der Waals surface area (Å²) in [6.45, 7) is 0.484. The molecule has 4 nitrogen and oxygen atoms in total. The van der Waals surface area contributed by atoms with Gasteiger partial charge in [0.15, 0.2) is 0 Å². The summed E-state index contributed by atoms with van der Waals surface area (Å²) in [6.07, 6.45) is 0. The first-order valence-corrected chi connectivity index (χ1v) is 6.43. The van der Waals surface area contributed by atoms with E-state index in [1.807, 2.05) is 18.2 Å². The normalized spacial score (nSPS) is 10.3. The second-order valence-electron chi connectivity index (χ2n) is 4.29. The van der Waals surface area contributed by atoms with Gasteiger partial charge in [0.1, 0.15) is 0 Å². The first kappa shape index (κ1) is 14.4. The second-order valence-corrected chi connectivity index (χ2v) is 4.70. The molecule has 2 aromatic rings. The van der Waals surface area contributed by atoms with Gasteiger partial charge in [0.25, 0.3) is 5.91 Å². The summed E-state index contributed by atoms with van der Waals surface area (Å²) in [5.74, 6) is -0.331. The van der Waals surface area contributed by atoms with E-state index in [-0.39, 0.29) is 11.5 Å². The molecule has 3 N–H and O–H groups in total. The average molecular weight is 291 g/mol. The predicted molar refractivity (Wildman–Crippen MR) is 81.0 cm³/mol. The van der Waals surface area contributed by atoms with Gasteiger partial charge in [-0.05, 0) is 29.8 Å². The Balaban J connectivity index is 2.21. The topological polar surface area (TPSA) is 64.3 Å². The largest absolute Gasteiger partial charge is 0.398 e. The van der Waals surface area contributed by atoms with E-state index in [0.29, 0.717) is 23.0 Å². The molecule has 0 bridgehead atoms. The molecule has 0 aliphatic carbocycles. The lowest BCUT2D eigenvalue weighted by atomic mass is 10.1. The molecule has 0 unspecified atom stereocenters. The Labute approximate surface area is 122 Å². The third-order valence-corrected chi connectivity index (χ3v) is 3.08. The van der Waals surface area contributed by atoms with Gasteiger partial charge in [0.05, 0.1) is 17.2 Å². The van der Waals surface area contributed by atoms with Gasteiger partial charge < -0.3 is 15.8 Å². The molecule has 0 aliphatic heterocycles. The van der Waals surface area contributed by atoms with Crippen LogP contribution in [0.4, 0.5) is 11.4 Å². The molecule has 0 aromatic heterocycles. The summed E-state index contributed by atoms with van der Waals surface area (Å²) in [4.78, 5) is 12.2. The highest BCUT2D eigenvalue weighted by atomic mass is 35.5. The van der Waals surface area contributed by atoms with Crippen LogP contribution in [0.3, 0.4) is 0 Å². The minimum absolute atomic E-state index is 0.284. The van der Waals surface area contributed by atoms with Crippen molar-refractivity contribution in [3.05, 3.63) is 58.6 Å². The van der Waals surface area contributed by atoms with Gasteiger partial charge in [0, 0.05) is 18.5 Å². The second kappa shape index (κ2) is 6.41. The fraction of sp³-hybridized carbons (Fsp3) is 0.133. The van der Waals surface area contributed by atoms with Crippen LogP contribution in [0, 0.1) is 0 Å². The highest BCUT2D eigenvalue weighted by Crippen LogP contribution is 2.23. The molecule has 0 atom stereocenters. The van der Waals surface area contributed by atoms with Crippen LogP contribution in [-0.4, -0.2) is 13.0 Å². The Kier molecular flexibility index (Phi) is 4.61. The molecule has 104 valence electrons. The number of anilines is 2. The number of halogens is 1. The minimum Gasteiger partial charge on any atom is -0.398 e.